The summed E-state index contributed by atoms with van der Waals surface area (Å²) in [6.07, 6.45) is 3.24. The summed E-state index contributed by atoms with van der Waals surface area (Å²) in [6.45, 7) is 3.87. The fourth-order valence-corrected chi connectivity index (χ4v) is 2.91. The van der Waals surface area contributed by atoms with Crippen molar-refractivity contribution in [1.82, 2.24) is 5.32 Å². The normalized spacial score (nSPS) is 12.3. The molecule has 1 N–H and O–H groups in total. The first-order valence-corrected chi connectivity index (χ1v) is 8.71. The van der Waals surface area contributed by atoms with Crippen LogP contribution in [0.1, 0.15) is 29.9 Å². The molecule has 0 bridgehead atoms. The Morgan fingerprint density at radius 1 is 1.11 bits per heavy atom. The summed E-state index contributed by atoms with van der Waals surface area (Å²) < 4.78 is 16.5. The van der Waals surface area contributed by atoms with E-state index in [1.165, 1.54) is 6.08 Å². The van der Waals surface area contributed by atoms with E-state index < -0.39 is 0 Å². The van der Waals surface area contributed by atoms with Crippen LogP contribution in [0.4, 0.5) is 0 Å². The van der Waals surface area contributed by atoms with E-state index >= 15 is 0 Å². The lowest BCUT2D eigenvalue weighted by atomic mass is 10.1. The average Bonchev–Trinajstić information content (AvgIpc) is 3.11. The fraction of sp³-hybridized carbons (Fsp3) is 0.227. The van der Waals surface area contributed by atoms with Crippen molar-refractivity contribution in [3.8, 4) is 11.5 Å². The van der Waals surface area contributed by atoms with Crippen LogP contribution in [0.25, 0.3) is 17.0 Å². The highest BCUT2D eigenvalue weighted by atomic mass is 16.5. The molecule has 0 radical (unpaired) electrons. The Hall–Kier alpha value is -3.21. The number of benzene rings is 2. The fourth-order valence-electron chi connectivity index (χ4n) is 2.91. The highest BCUT2D eigenvalue weighted by Crippen LogP contribution is 2.30. The lowest BCUT2D eigenvalue weighted by Gasteiger charge is -2.09. The molecule has 1 unspecified atom stereocenters. The maximum Gasteiger partial charge on any atom is 0.244 e. The first-order valence-electron chi connectivity index (χ1n) is 8.71. The number of hydrogen-bond acceptors (Lipinski definition) is 4. The van der Waals surface area contributed by atoms with Crippen molar-refractivity contribution < 1.29 is 18.7 Å². The topological polar surface area (TPSA) is 60.7 Å². The van der Waals surface area contributed by atoms with Gasteiger partial charge in [-0.05, 0) is 44.2 Å². The van der Waals surface area contributed by atoms with E-state index in [1.807, 2.05) is 56.3 Å². The number of ether oxygens (including phenoxy) is 2. The molecule has 1 atom stereocenters. The van der Waals surface area contributed by atoms with Crippen molar-refractivity contribution in [2.24, 2.45) is 0 Å². The largest absolute Gasteiger partial charge is 0.496 e. The van der Waals surface area contributed by atoms with Crippen molar-refractivity contribution in [2.45, 2.75) is 19.9 Å². The molecule has 5 nitrogen and oxygen atoms in total. The Balaban J connectivity index is 1.73. The zero-order valence-electron chi connectivity index (χ0n) is 15.9. The number of carbonyl (C=O) groups is 1. The van der Waals surface area contributed by atoms with Crippen molar-refractivity contribution in [3.05, 3.63) is 65.4 Å². The first kappa shape index (κ1) is 18.6. The highest BCUT2D eigenvalue weighted by Gasteiger charge is 2.15. The Bertz CT molecular complexity index is 987. The molecule has 1 aromatic heterocycles. The lowest BCUT2D eigenvalue weighted by molar-refractivity contribution is -0.117. The number of nitrogens with one attached hydrogen (secondary N) is 1. The Labute approximate surface area is 158 Å². The molecular weight excluding hydrogens is 342 g/mol. The number of carbonyl (C=O) groups excluding carboxylic acids is 1. The summed E-state index contributed by atoms with van der Waals surface area (Å²) in [5.41, 5.74) is 2.63. The van der Waals surface area contributed by atoms with Crippen LogP contribution in [0.2, 0.25) is 0 Å². The molecule has 5 heteroatoms. The SMILES string of the molecule is COc1ccc(C)cc1/C=C/C(=O)NC(C)c1cc2cccc(OC)c2o1. The number of aryl methyl sites for hydroxylation is 1. The van der Waals surface area contributed by atoms with Crippen LogP contribution in [-0.4, -0.2) is 20.1 Å². The second kappa shape index (κ2) is 7.99. The summed E-state index contributed by atoms with van der Waals surface area (Å²) in [4.78, 5) is 12.3. The van der Waals surface area contributed by atoms with Gasteiger partial charge in [-0.25, -0.2) is 0 Å². The van der Waals surface area contributed by atoms with E-state index in [-0.39, 0.29) is 11.9 Å². The Morgan fingerprint density at radius 3 is 2.63 bits per heavy atom. The molecule has 3 rings (SSSR count). The Morgan fingerprint density at radius 2 is 1.89 bits per heavy atom. The van der Waals surface area contributed by atoms with Crippen LogP contribution >= 0.6 is 0 Å². The molecule has 27 heavy (non-hydrogen) atoms. The molecule has 0 aliphatic rings. The summed E-state index contributed by atoms with van der Waals surface area (Å²) >= 11 is 0. The number of rotatable bonds is 6. The summed E-state index contributed by atoms with van der Waals surface area (Å²) in [5, 5.41) is 3.85. The van der Waals surface area contributed by atoms with Crippen molar-refractivity contribution >= 4 is 23.0 Å². The number of hydrogen-bond donors (Lipinski definition) is 1. The molecule has 1 amide bonds. The summed E-state index contributed by atoms with van der Waals surface area (Å²) in [6, 6.07) is 13.2. The van der Waals surface area contributed by atoms with Gasteiger partial charge in [0.25, 0.3) is 0 Å². The van der Waals surface area contributed by atoms with Crippen LogP contribution in [-0.2, 0) is 4.79 Å². The predicted molar refractivity (Wildman–Crippen MR) is 106 cm³/mol. The van der Waals surface area contributed by atoms with E-state index in [1.54, 1.807) is 20.3 Å². The maximum absolute atomic E-state index is 12.3. The van der Waals surface area contributed by atoms with Crippen LogP contribution in [0.3, 0.4) is 0 Å². The van der Waals surface area contributed by atoms with Gasteiger partial charge in [-0.3, -0.25) is 4.79 Å². The van der Waals surface area contributed by atoms with Crippen LogP contribution in [0.5, 0.6) is 11.5 Å². The molecule has 0 spiro atoms. The third-order valence-corrected chi connectivity index (χ3v) is 4.33. The number of furan rings is 1. The van der Waals surface area contributed by atoms with Gasteiger partial charge in [-0.1, -0.05) is 23.8 Å². The summed E-state index contributed by atoms with van der Waals surface area (Å²) in [7, 11) is 3.21. The van der Waals surface area contributed by atoms with Gasteiger partial charge in [0, 0.05) is 17.0 Å². The third kappa shape index (κ3) is 4.14. The smallest absolute Gasteiger partial charge is 0.244 e. The average molecular weight is 365 g/mol. The second-order valence-corrected chi connectivity index (χ2v) is 6.34. The minimum atomic E-state index is -0.279. The molecule has 0 fully saturated rings. The first-order chi connectivity index (χ1) is 13.0. The number of amides is 1. The highest BCUT2D eigenvalue weighted by molar-refractivity contribution is 5.92. The predicted octanol–water partition coefficient (Wildman–Crippen LogP) is 4.65. The van der Waals surface area contributed by atoms with Crippen LogP contribution in [0.15, 0.2) is 53.0 Å². The van der Waals surface area contributed by atoms with Crippen molar-refractivity contribution in [1.29, 1.82) is 0 Å². The minimum Gasteiger partial charge on any atom is -0.496 e. The molecule has 3 aromatic rings. The second-order valence-electron chi connectivity index (χ2n) is 6.34. The monoisotopic (exact) mass is 365 g/mol. The zero-order valence-corrected chi connectivity index (χ0v) is 15.9. The van der Waals surface area contributed by atoms with Gasteiger partial charge in [0.2, 0.25) is 5.91 Å². The molecule has 0 aliphatic carbocycles. The maximum atomic E-state index is 12.3. The molecular formula is C22H23NO4. The third-order valence-electron chi connectivity index (χ3n) is 4.33. The van der Waals surface area contributed by atoms with E-state index in [0.29, 0.717) is 17.1 Å². The van der Waals surface area contributed by atoms with Gasteiger partial charge in [-0.15, -0.1) is 0 Å². The van der Waals surface area contributed by atoms with E-state index in [4.69, 9.17) is 13.9 Å². The summed E-state index contributed by atoms with van der Waals surface area (Å²) in [5.74, 6) is 1.86. The van der Waals surface area contributed by atoms with Gasteiger partial charge in [0.05, 0.1) is 20.3 Å². The van der Waals surface area contributed by atoms with Gasteiger partial charge < -0.3 is 19.2 Å². The standard InChI is InChI=1S/C22H23NO4/c1-14-8-10-18(25-3)16(12-14)9-11-21(24)23-15(2)20-13-17-6-5-7-19(26-4)22(17)27-20/h5-13,15H,1-4H3,(H,23,24)/b11-9+. The molecule has 0 saturated carbocycles. The number of para-hydroxylation sites is 1. The van der Waals surface area contributed by atoms with Crippen LogP contribution < -0.4 is 14.8 Å². The molecule has 0 aliphatic heterocycles. The van der Waals surface area contributed by atoms with Gasteiger partial charge in [0.1, 0.15) is 11.5 Å². The lowest BCUT2D eigenvalue weighted by Crippen LogP contribution is -2.24. The molecule has 140 valence electrons. The van der Waals surface area contributed by atoms with Gasteiger partial charge in [0.15, 0.2) is 11.3 Å². The number of methoxy groups -OCH3 is 2. The molecule has 0 saturated heterocycles. The van der Waals surface area contributed by atoms with E-state index in [2.05, 4.69) is 5.32 Å². The van der Waals surface area contributed by atoms with Gasteiger partial charge >= 0.3 is 0 Å². The van der Waals surface area contributed by atoms with Crippen LogP contribution in [0, 0.1) is 6.92 Å². The Kier molecular flexibility index (Phi) is 5.50. The quantitative estimate of drug-likeness (QED) is 0.646. The number of fused-ring (bicyclic) bond motifs is 1. The van der Waals surface area contributed by atoms with Gasteiger partial charge in [-0.2, -0.15) is 0 Å². The van der Waals surface area contributed by atoms with E-state index in [9.17, 15) is 4.79 Å². The molecule has 2 aromatic carbocycles. The zero-order chi connectivity index (χ0) is 19.4. The van der Waals surface area contributed by atoms with Crippen molar-refractivity contribution in [2.75, 3.05) is 14.2 Å². The van der Waals surface area contributed by atoms with Crippen molar-refractivity contribution in [3.63, 3.8) is 0 Å². The minimum absolute atomic E-state index is 0.210. The van der Waals surface area contributed by atoms with E-state index in [0.717, 1.165) is 22.3 Å². The molecule has 1 heterocycles.